The van der Waals surface area contributed by atoms with Crippen molar-refractivity contribution in [1.82, 2.24) is 0 Å². The van der Waals surface area contributed by atoms with E-state index in [9.17, 15) is 5.11 Å². The summed E-state index contributed by atoms with van der Waals surface area (Å²) < 4.78 is 11.2. The van der Waals surface area contributed by atoms with Gasteiger partial charge in [-0.2, -0.15) is 11.8 Å². The Bertz CT molecular complexity index is 706. The Morgan fingerprint density at radius 1 is 1.04 bits per heavy atom. The molecule has 28 heavy (non-hydrogen) atoms. The molecule has 8 heteroatoms. The van der Waals surface area contributed by atoms with Gasteiger partial charge < -0.3 is 14.6 Å². The highest BCUT2D eigenvalue weighted by atomic mass is 35.5. The van der Waals surface area contributed by atoms with Crippen molar-refractivity contribution in [2.75, 3.05) is 30.6 Å². The summed E-state index contributed by atoms with van der Waals surface area (Å²) in [6.07, 6.45) is 0.265. The van der Waals surface area contributed by atoms with E-state index in [4.69, 9.17) is 44.3 Å². The summed E-state index contributed by atoms with van der Waals surface area (Å²) in [7, 11) is 0. The van der Waals surface area contributed by atoms with E-state index in [1.54, 1.807) is 23.5 Å². The predicted molar refractivity (Wildman–Crippen MR) is 122 cm³/mol. The van der Waals surface area contributed by atoms with Gasteiger partial charge in [0.2, 0.25) is 0 Å². The first-order valence-corrected chi connectivity index (χ1v) is 12.1. The topological polar surface area (TPSA) is 38.7 Å². The van der Waals surface area contributed by atoms with Crippen molar-refractivity contribution in [2.24, 2.45) is 0 Å². The maximum absolute atomic E-state index is 9.84. The summed E-state index contributed by atoms with van der Waals surface area (Å²) >= 11 is 21.5. The SMILES string of the molecule is CCSCC(O)COc1ccc(Sc2cc(Cl)c(OCCCCl)c(Cl)c2)cc1. The van der Waals surface area contributed by atoms with Gasteiger partial charge in [-0.3, -0.25) is 0 Å². The van der Waals surface area contributed by atoms with E-state index in [2.05, 4.69) is 6.92 Å². The molecule has 0 heterocycles. The van der Waals surface area contributed by atoms with Gasteiger partial charge in [0.25, 0.3) is 0 Å². The zero-order valence-corrected chi connectivity index (χ0v) is 19.4. The molecule has 3 nitrogen and oxygen atoms in total. The smallest absolute Gasteiger partial charge is 0.156 e. The molecular formula is C20H23Cl3O3S2. The minimum absolute atomic E-state index is 0.288. The third-order valence-corrected chi connectivity index (χ3v) is 6.35. The van der Waals surface area contributed by atoms with Crippen LogP contribution in [0.2, 0.25) is 10.0 Å². The Kier molecular flexibility index (Phi) is 11.1. The minimum atomic E-state index is -0.464. The fourth-order valence-electron chi connectivity index (χ4n) is 2.20. The zero-order chi connectivity index (χ0) is 20.4. The molecule has 0 amide bonds. The quantitative estimate of drug-likeness (QED) is 0.271. The van der Waals surface area contributed by atoms with Crippen LogP contribution in [0.3, 0.4) is 0 Å². The summed E-state index contributed by atoms with van der Waals surface area (Å²) in [6, 6.07) is 11.4. The van der Waals surface area contributed by atoms with Gasteiger partial charge >= 0.3 is 0 Å². The molecule has 0 aromatic heterocycles. The molecule has 0 aliphatic rings. The third kappa shape index (κ3) is 8.13. The van der Waals surface area contributed by atoms with Crippen molar-refractivity contribution >= 4 is 58.3 Å². The number of alkyl halides is 1. The molecule has 1 N–H and O–H groups in total. The minimum Gasteiger partial charge on any atom is -0.491 e. The number of halogens is 3. The number of hydrogen-bond acceptors (Lipinski definition) is 5. The van der Waals surface area contributed by atoms with Crippen molar-refractivity contribution in [1.29, 1.82) is 0 Å². The number of aliphatic hydroxyl groups is 1. The Morgan fingerprint density at radius 2 is 1.71 bits per heavy atom. The Morgan fingerprint density at radius 3 is 2.32 bits per heavy atom. The molecule has 0 spiro atoms. The van der Waals surface area contributed by atoms with Crippen LogP contribution < -0.4 is 9.47 Å². The second-order valence-corrected chi connectivity index (χ2v) is 9.46. The molecule has 2 rings (SSSR count). The van der Waals surface area contributed by atoms with Gasteiger partial charge in [0.15, 0.2) is 5.75 Å². The molecule has 154 valence electrons. The van der Waals surface area contributed by atoms with Gasteiger partial charge in [0, 0.05) is 21.4 Å². The van der Waals surface area contributed by atoms with E-state index in [1.807, 2.05) is 36.4 Å². The number of hydrogen-bond donors (Lipinski definition) is 1. The standard InChI is InChI=1S/C20H23Cl3O3S2/c1-2-27-13-14(24)12-26-15-4-6-16(7-5-15)28-17-10-18(22)20(19(23)11-17)25-9-3-8-21/h4-7,10-11,14,24H,2-3,8-9,12-13H2,1H3. The first-order chi connectivity index (χ1) is 13.5. The summed E-state index contributed by atoms with van der Waals surface area (Å²) in [5, 5.41) is 10.8. The zero-order valence-electron chi connectivity index (χ0n) is 15.5. The van der Waals surface area contributed by atoms with Crippen LogP contribution in [-0.4, -0.2) is 41.8 Å². The lowest BCUT2D eigenvalue weighted by Gasteiger charge is -2.13. The summed E-state index contributed by atoms with van der Waals surface area (Å²) in [6.45, 7) is 2.83. The maximum Gasteiger partial charge on any atom is 0.156 e. The fourth-order valence-corrected chi connectivity index (χ4v) is 4.53. The highest BCUT2D eigenvalue weighted by Gasteiger charge is 2.11. The van der Waals surface area contributed by atoms with Crippen molar-refractivity contribution in [3.8, 4) is 11.5 Å². The lowest BCUT2D eigenvalue weighted by atomic mass is 10.3. The molecule has 1 unspecified atom stereocenters. The molecule has 2 aromatic carbocycles. The molecule has 0 aliphatic heterocycles. The van der Waals surface area contributed by atoms with Gasteiger partial charge in [0.05, 0.1) is 22.8 Å². The Balaban J connectivity index is 1.92. The Labute approximate surface area is 190 Å². The fraction of sp³-hybridized carbons (Fsp3) is 0.400. The Hall–Kier alpha value is -0.430. The van der Waals surface area contributed by atoms with Crippen molar-refractivity contribution in [3.05, 3.63) is 46.4 Å². The van der Waals surface area contributed by atoms with E-state index in [0.29, 0.717) is 34.0 Å². The molecule has 0 bridgehead atoms. The van der Waals surface area contributed by atoms with Crippen molar-refractivity contribution in [3.63, 3.8) is 0 Å². The van der Waals surface area contributed by atoms with Crippen LogP contribution in [0.4, 0.5) is 0 Å². The van der Waals surface area contributed by atoms with Crippen molar-refractivity contribution < 1.29 is 14.6 Å². The first-order valence-electron chi connectivity index (χ1n) is 8.87. The number of ether oxygens (including phenoxy) is 2. The average molecular weight is 482 g/mol. The summed E-state index contributed by atoms with van der Waals surface area (Å²) in [4.78, 5) is 1.94. The average Bonchev–Trinajstić information content (AvgIpc) is 2.68. The van der Waals surface area contributed by atoms with E-state index in [1.165, 1.54) is 0 Å². The molecule has 0 saturated carbocycles. The largest absolute Gasteiger partial charge is 0.491 e. The molecule has 0 saturated heterocycles. The van der Waals surface area contributed by atoms with E-state index in [-0.39, 0.29) is 6.61 Å². The van der Waals surface area contributed by atoms with Crippen LogP contribution in [0.1, 0.15) is 13.3 Å². The van der Waals surface area contributed by atoms with Gasteiger partial charge in [-0.05, 0) is 48.6 Å². The lowest BCUT2D eigenvalue weighted by Crippen LogP contribution is -2.20. The van der Waals surface area contributed by atoms with E-state index in [0.717, 1.165) is 27.7 Å². The molecule has 0 aliphatic carbocycles. The molecule has 2 aromatic rings. The second kappa shape index (κ2) is 13.0. The van der Waals surface area contributed by atoms with Crippen LogP contribution in [0.5, 0.6) is 11.5 Å². The number of aliphatic hydroxyl groups excluding tert-OH is 1. The van der Waals surface area contributed by atoms with Crippen LogP contribution >= 0.6 is 58.3 Å². The first kappa shape index (κ1) is 23.8. The van der Waals surface area contributed by atoms with Gasteiger partial charge in [-0.25, -0.2) is 0 Å². The molecule has 0 fully saturated rings. The third-order valence-electron chi connectivity index (χ3n) is 3.51. The number of thioether (sulfide) groups is 1. The predicted octanol–water partition coefficient (Wildman–Crippen LogP) is 6.65. The van der Waals surface area contributed by atoms with Gasteiger partial charge in [-0.1, -0.05) is 41.9 Å². The number of rotatable bonds is 12. The van der Waals surface area contributed by atoms with E-state index >= 15 is 0 Å². The normalized spacial score (nSPS) is 12.0. The van der Waals surface area contributed by atoms with Crippen LogP contribution in [0, 0.1) is 0 Å². The highest BCUT2D eigenvalue weighted by molar-refractivity contribution is 7.99. The summed E-state index contributed by atoms with van der Waals surface area (Å²) in [5.74, 6) is 3.40. The highest BCUT2D eigenvalue weighted by Crippen LogP contribution is 2.39. The maximum atomic E-state index is 9.84. The van der Waals surface area contributed by atoms with Crippen LogP contribution in [0.15, 0.2) is 46.2 Å². The molecule has 1 atom stereocenters. The van der Waals surface area contributed by atoms with Gasteiger partial charge in [-0.15, -0.1) is 11.6 Å². The number of benzene rings is 2. The lowest BCUT2D eigenvalue weighted by molar-refractivity contribution is 0.126. The summed E-state index contributed by atoms with van der Waals surface area (Å²) in [5.41, 5.74) is 0. The van der Waals surface area contributed by atoms with E-state index < -0.39 is 6.10 Å². The van der Waals surface area contributed by atoms with Crippen LogP contribution in [-0.2, 0) is 0 Å². The van der Waals surface area contributed by atoms with Gasteiger partial charge in [0.1, 0.15) is 12.4 Å². The van der Waals surface area contributed by atoms with Crippen LogP contribution in [0.25, 0.3) is 0 Å². The van der Waals surface area contributed by atoms with Crippen molar-refractivity contribution in [2.45, 2.75) is 29.2 Å². The monoisotopic (exact) mass is 480 g/mol. The second-order valence-electron chi connectivity index (χ2n) is 5.80. The molecular weight excluding hydrogens is 459 g/mol. The molecule has 0 radical (unpaired) electrons.